The molecule has 0 fully saturated rings. The average Bonchev–Trinajstić information content (AvgIpc) is 3.35. The Morgan fingerprint density at radius 1 is 0.290 bits per heavy atom. The highest BCUT2D eigenvalue weighted by Crippen LogP contribution is 2.14. The number of rotatable bonds is 51. The number of ether oxygens (including phenoxy) is 3. The maximum atomic E-state index is 12.9. The molecule has 0 saturated heterocycles. The van der Waals surface area contributed by atoms with Crippen molar-refractivity contribution in [3.63, 3.8) is 0 Å². The molecule has 0 spiro atoms. The summed E-state index contributed by atoms with van der Waals surface area (Å²) in [5, 5.41) is 0. The molecule has 0 saturated carbocycles. The van der Waals surface area contributed by atoms with Crippen molar-refractivity contribution in [2.75, 3.05) is 13.2 Å². The van der Waals surface area contributed by atoms with Gasteiger partial charge < -0.3 is 14.2 Å². The van der Waals surface area contributed by atoms with Gasteiger partial charge >= 0.3 is 17.9 Å². The van der Waals surface area contributed by atoms with Gasteiger partial charge in [-0.1, -0.05) is 214 Å². The molecule has 0 aromatic heterocycles. The SMILES string of the molecule is CCCCC/C=C\C/C=C\C/C=C\C/C=C\CCCCCC(=O)O[C@@H](COC(=O)CCCCCCC/C=C\C/C=C\CCCCC)COC(=O)CCCCCCCCC/C=C\C/C=C\CCCCC. The Bertz CT molecular complexity index is 1380. The van der Waals surface area contributed by atoms with Gasteiger partial charge in [0.25, 0.3) is 0 Å². The van der Waals surface area contributed by atoms with Crippen LogP contribution in [0.3, 0.4) is 0 Å². The van der Waals surface area contributed by atoms with Crippen molar-refractivity contribution in [1.29, 1.82) is 0 Å². The van der Waals surface area contributed by atoms with Gasteiger partial charge in [0.2, 0.25) is 0 Å². The molecule has 0 aromatic carbocycles. The molecule has 0 heterocycles. The Morgan fingerprint density at radius 2 is 0.522 bits per heavy atom. The second kappa shape index (κ2) is 56.9. The summed E-state index contributed by atoms with van der Waals surface area (Å²) in [4.78, 5) is 38.2. The standard InChI is InChI=1S/C63H106O6/c1-4-7-10-13-16-19-22-25-28-30-31-33-36-39-42-45-48-51-54-57-63(66)69-60(58-67-61(64)55-52-49-46-43-40-37-34-27-24-21-18-15-12-9-6-3)59-68-62(65)56-53-50-47-44-41-38-35-32-29-26-23-20-17-14-11-8-5-2/h16-21,25-29,31,33-34,39,42,60H,4-15,22-24,30,32,35-38,40-41,43-59H2,1-3H3/b19-16-,20-17-,21-18-,28-25-,29-26-,33-31-,34-27-,42-39-/t60-/m0/s1. The number of carbonyl (C=O) groups is 3. The van der Waals surface area contributed by atoms with Gasteiger partial charge in [-0.3, -0.25) is 14.4 Å². The van der Waals surface area contributed by atoms with E-state index in [4.69, 9.17) is 14.2 Å². The molecule has 0 aliphatic rings. The topological polar surface area (TPSA) is 78.9 Å². The summed E-state index contributed by atoms with van der Waals surface area (Å²) in [5.74, 6) is -0.950. The van der Waals surface area contributed by atoms with E-state index in [1.807, 2.05) is 0 Å². The lowest BCUT2D eigenvalue weighted by molar-refractivity contribution is -0.167. The summed E-state index contributed by atoms with van der Waals surface area (Å²) in [6, 6.07) is 0. The molecule has 0 N–H and O–H groups in total. The molecule has 0 aromatic rings. The molecule has 0 rings (SSSR count). The number of hydrogen-bond acceptors (Lipinski definition) is 6. The van der Waals surface area contributed by atoms with E-state index in [0.29, 0.717) is 12.8 Å². The van der Waals surface area contributed by atoms with Gasteiger partial charge in [0, 0.05) is 19.3 Å². The van der Waals surface area contributed by atoms with Gasteiger partial charge in [0.15, 0.2) is 6.10 Å². The van der Waals surface area contributed by atoms with Crippen LogP contribution in [-0.2, 0) is 28.6 Å². The van der Waals surface area contributed by atoms with Crippen molar-refractivity contribution in [1.82, 2.24) is 0 Å². The monoisotopic (exact) mass is 959 g/mol. The van der Waals surface area contributed by atoms with Crippen LogP contribution in [0, 0.1) is 0 Å². The third kappa shape index (κ3) is 55.1. The van der Waals surface area contributed by atoms with E-state index >= 15 is 0 Å². The third-order valence-corrected chi connectivity index (χ3v) is 12.0. The van der Waals surface area contributed by atoms with Crippen LogP contribution in [0.2, 0.25) is 0 Å². The van der Waals surface area contributed by atoms with Crippen molar-refractivity contribution in [3.8, 4) is 0 Å². The molecule has 0 aliphatic carbocycles. The first-order valence-electron chi connectivity index (χ1n) is 28.7. The van der Waals surface area contributed by atoms with E-state index in [9.17, 15) is 14.4 Å². The summed E-state index contributed by atoms with van der Waals surface area (Å²) in [6.45, 7) is 6.52. The fraction of sp³-hybridized carbons (Fsp3) is 0.698. The first-order valence-corrected chi connectivity index (χ1v) is 28.7. The number of esters is 3. The average molecular weight is 960 g/mol. The molecule has 0 radical (unpaired) electrons. The zero-order chi connectivity index (χ0) is 50.0. The molecule has 0 bridgehead atoms. The number of unbranched alkanes of at least 4 members (excludes halogenated alkanes) is 24. The van der Waals surface area contributed by atoms with Gasteiger partial charge in [-0.05, 0) is 128 Å². The predicted molar refractivity (Wildman–Crippen MR) is 297 cm³/mol. The van der Waals surface area contributed by atoms with Gasteiger partial charge in [0.05, 0.1) is 0 Å². The van der Waals surface area contributed by atoms with Gasteiger partial charge in [0.1, 0.15) is 13.2 Å². The summed E-state index contributed by atoms with van der Waals surface area (Å²) in [5.41, 5.74) is 0. The van der Waals surface area contributed by atoms with Crippen molar-refractivity contribution < 1.29 is 28.6 Å². The van der Waals surface area contributed by atoms with Gasteiger partial charge in [-0.15, -0.1) is 0 Å². The summed E-state index contributed by atoms with van der Waals surface area (Å²) in [7, 11) is 0. The minimum Gasteiger partial charge on any atom is -0.462 e. The van der Waals surface area contributed by atoms with Gasteiger partial charge in [-0.25, -0.2) is 0 Å². The van der Waals surface area contributed by atoms with Crippen LogP contribution in [0.25, 0.3) is 0 Å². The maximum Gasteiger partial charge on any atom is 0.306 e. The molecule has 0 amide bonds. The predicted octanol–water partition coefficient (Wildman–Crippen LogP) is 19.3. The van der Waals surface area contributed by atoms with E-state index in [1.54, 1.807) is 0 Å². The van der Waals surface area contributed by atoms with Crippen LogP contribution >= 0.6 is 0 Å². The number of allylic oxidation sites excluding steroid dienone is 16. The van der Waals surface area contributed by atoms with E-state index in [1.165, 1.54) is 103 Å². The molecule has 394 valence electrons. The molecule has 6 heteroatoms. The third-order valence-electron chi connectivity index (χ3n) is 12.0. The van der Waals surface area contributed by atoms with Gasteiger partial charge in [-0.2, -0.15) is 0 Å². The molecule has 0 unspecified atom stereocenters. The number of hydrogen-bond donors (Lipinski definition) is 0. The quantitative estimate of drug-likeness (QED) is 0.0262. The molecule has 0 aliphatic heterocycles. The van der Waals surface area contributed by atoms with E-state index < -0.39 is 6.10 Å². The minimum absolute atomic E-state index is 0.0999. The van der Waals surface area contributed by atoms with Crippen molar-refractivity contribution in [2.45, 2.75) is 271 Å². The Hall–Kier alpha value is -3.67. The molecule has 6 nitrogen and oxygen atoms in total. The second-order valence-electron chi connectivity index (χ2n) is 18.8. The lowest BCUT2D eigenvalue weighted by Crippen LogP contribution is -2.30. The van der Waals surface area contributed by atoms with Crippen LogP contribution in [-0.4, -0.2) is 37.2 Å². The van der Waals surface area contributed by atoms with Crippen LogP contribution < -0.4 is 0 Å². The Kier molecular flexibility index (Phi) is 53.9. The fourth-order valence-corrected chi connectivity index (χ4v) is 7.66. The minimum atomic E-state index is -0.805. The Balaban J connectivity index is 4.49. The number of carbonyl (C=O) groups excluding carboxylic acids is 3. The molecular formula is C63H106O6. The van der Waals surface area contributed by atoms with E-state index in [0.717, 1.165) is 122 Å². The Morgan fingerprint density at radius 3 is 0.826 bits per heavy atom. The van der Waals surface area contributed by atoms with Crippen LogP contribution in [0.4, 0.5) is 0 Å². The normalized spacial score (nSPS) is 12.8. The van der Waals surface area contributed by atoms with Crippen LogP contribution in [0.15, 0.2) is 97.2 Å². The highest BCUT2D eigenvalue weighted by atomic mass is 16.6. The first kappa shape index (κ1) is 65.3. The lowest BCUT2D eigenvalue weighted by Gasteiger charge is -2.18. The fourth-order valence-electron chi connectivity index (χ4n) is 7.66. The maximum absolute atomic E-state index is 12.9. The summed E-state index contributed by atoms with van der Waals surface area (Å²) < 4.78 is 16.8. The van der Waals surface area contributed by atoms with E-state index in [2.05, 4.69) is 118 Å². The highest BCUT2D eigenvalue weighted by Gasteiger charge is 2.19. The first-order chi connectivity index (χ1) is 34.0. The molecule has 69 heavy (non-hydrogen) atoms. The van der Waals surface area contributed by atoms with Crippen molar-refractivity contribution in [3.05, 3.63) is 97.2 Å². The van der Waals surface area contributed by atoms with Crippen LogP contribution in [0.1, 0.15) is 265 Å². The largest absolute Gasteiger partial charge is 0.462 e. The Labute approximate surface area is 426 Å². The zero-order valence-corrected chi connectivity index (χ0v) is 45.0. The highest BCUT2D eigenvalue weighted by molar-refractivity contribution is 5.71. The summed E-state index contributed by atoms with van der Waals surface area (Å²) >= 11 is 0. The van der Waals surface area contributed by atoms with Crippen molar-refractivity contribution in [2.24, 2.45) is 0 Å². The lowest BCUT2D eigenvalue weighted by atomic mass is 10.1. The smallest absolute Gasteiger partial charge is 0.306 e. The zero-order valence-electron chi connectivity index (χ0n) is 45.0. The molecular weight excluding hydrogens is 853 g/mol. The van der Waals surface area contributed by atoms with Crippen LogP contribution in [0.5, 0.6) is 0 Å². The second-order valence-corrected chi connectivity index (χ2v) is 18.8. The van der Waals surface area contributed by atoms with Crippen molar-refractivity contribution >= 4 is 17.9 Å². The molecule has 1 atom stereocenters. The summed E-state index contributed by atoms with van der Waals surface area (Å²) in [6.07, 6.45) is 75.3. The van der Waals surface area contributed by atoms with E-state index in [-0.39, 0.29) is 37.5 Å².